The highest BCUT2D eigenvalue weighted by Crippen LogP contribution is 2.44. The maximum Gasteiger partial charge on any atom is 0.435 e. The van der Waals surface area contributed by atoms with E-state index in [1.165, 1.54) is 23.1 Å². The van der Waals surface area contributed by atoms with Crippen LogP contribution >= 0.6 is 23.2 Å². The van der Waals surface area contributed by atoms with E-state index in [1.807, 2.05) is 0 Å². The van der Waals surface area contributed by atoms with Crippen LogP contribution in [0.25, 0.3) is 10.9 Å². The van der Waals surface area contributed by atoms with Gasteiger partial charge < -0.3 is 15.3 Å². The number of aromatic nitrogens is 2. The summed E-state index contributed by atoms with van der Waals surface area (Å²) in [6.07, 6.45) is -3.52. The number of nitrogens with one attached hydrogen (secondary N) is 1. The van der Waals surface area contributed by atoms with Gasteiger partial charge in [0.15, 0.2) is 5.69 Å². The number of anilines is 1. The van der Waals surface area contributed by atoms with Crippen molar-refractivity contribution in [2.75, 3.05) is 18.4 Å². The normalized spacial score (nSPS) is 18.0. The number of likely N-dealkylation sites (tertiary alicyclic amines) is 1. The smallest absolute Gasteiger partial charge is 0.435 e. The molecule has 1 fully saturated rings. The number of carboxylic acid groups (broad SMARTS) is 1. The number of rotatable bonds is 6. The number of hydrogen-bond acceptors (Lipinski definition) is 4. The second-order valence-electron chi connectivity index (χ2n) is 8.27. The molecule has 190 valence electrons. The number of carbonyl (C=O) groups excluding carboxylic acids is 1. The lowest BCUT2D eigenvalue weighted by molar-refractivity contribution is -0.142. The summed E-state index contributed by atoms with van der Waals surface area (Å²) in [4.78, 5) is 25.0. The number of alkyl halides is 3. The van der Waals surface area contributed by atoms with Crippen molar-refractivity contribution in [3.8, 4) is 0 Å². The van der Waals surface area contributed by atoms with Crippen LogP contribution in [0.3, 0.4) is 0 Å². The van der Waals surface area contributed by atoms with Gasteiger partial charge in [0.2, 0.25) is 5.91 Å². The van der Waals surface area contributed by atoms with Gasteiger partial charge in [-0.05, 0) is 42.8 Å². The number of hydrogen-bond donors (Lipinski definition) is 2. The Kier molecular flexibility index (Phi) is 6.65. The van der Waals surface area contributed by atoms with Gasteiger partial charge >= 0.3 is 12.1 Å². The number of carbonyl (C=O) groups is 2. The molecule has 1 saturated heterocycles. The second-order valence-corrected chi connectivity index (χ2v) is 9.05. The maximum absolute atomic E-state index is 15.1. The minimum atomic E-state index is -4.81. The van der Waals surface area contributed by atoms with Crippen molar-refractivity contribution < 1.29 is 32.3 Å². The van der Waals surface area contributed by atoms with Crippen LogP contribution in [0, 0.1) is 5.82 Å². The van der Waals surface area contributed by atoms with E-state index >= 15 is 4.39 Å². The summed E-state index contributed by atoms with van der Waals surface area (Å²) in [5.74, 6) is -2.48. The van der Waals surface area contributed by atoms with E-state index in [0.717, 1.165) is 22.9 Å². The van der Waals surface area contributed by atoms with Crippen LogP contribution in [0.1, 0.15) is 17.7 Å². The minimum Gasteiger partial charge on any atom is -0.480 e. The first kappa shape index (κ1) is 25.8. The number of amides is 1. The summed E-state index contributed by atoms with van der Waals surface area (Å²) < 4.78 is 56.4. The SMILES string of the molecule is C=CC(=O)N1CCC(Nc2ccc3c(C(F)(F)F)nn(CC(=O)O)c3c2)(c2c(F)ccc(Cl)c2Cl)C1. The molecule has 0 aliphatic carbocycles. The van der Waals surface area contributed by atoms with Gasteiger partial charge in [0.05, 0.1) is 21.1 Å². The molecule has 1 amide bonds. The lowest BCUT2D eigenvalue weighted by atomic mass is 9.87. The number of benzene rings is 2. The highest BCUT2D eigenvalue weighted by Gasteiger charge is 2.45. The standard InChI is InChI=1S/C23H18Cl2F4N4O3/c1-2-17(34)32-8-7-22(11-32,19-15(26)6-5-14(24)20(19)25)30-12-3-4-13-16(9-12)33(10-18(35)36)31-21(13)23(27,28)29/h2-6,9,30H,1,7-8,10-11H2,(H,35,36). The first-order valence-corrected chi connectivity index (χ1v) is 11.2. The van der Waals surface area contributed by atoms with Crippen LogP contribution in [0.2, 0.25) is 10.0 Å². The molecule has 7 nitrogen and oxygen atoms in total. The zero-order valence-corrected chi connectivity index (χ0v) is 19.9. The van der Waals surface area contributed by atoms with E-state index in [0.29, 0.717) is 0 Å². The van der Waals surface area contributed by atoms with Gasteiger partial charge in [-0.25, -0.2) is 4.39 Å². The predicted molar refractivity (Wildman–Crippen MR) is 125 cm³/mol. The van der Waals surface area contributed by atoms with Crippen molar-refractivity contribution in [2.24, 2.45) is 0 Å². The monoisotopic (exact) mass is 544 g/mol. The lowest BCUT2D eigenvalue weighted by Gasteiger charge is -2.33. The van der Waals surface area contributed by atoms with Crippen molar-refractivity contribution in [2.45, 2.75) is 24.7 Å². The van der Waals surface area contributed by atoms with E-state index in [2.05, 4.69) is 17.0 Å². The van der Waals surface area contributed by atoms with E-state index in [4.69, 9.17) is 28.3 Å². The molecule has 2 heterocycles. The zero-order valence-electron chi connectivity index (χ0n) is 18.4. The average molecular weight is 545 g/mol. The molecule has 1 aliphatic heterocycles. The zero-order chi connectivity index (χ0) is 26.4. The summed E-state index contributed by atoms with van der Waals surface area (Å²) in [6, 6.07) is 6.19. The van der Waals surface area contributed by atoms with Crippen molar-refractivity contribution in [1.29, 1.82) is 0 Å². The molecule has 1 aromatic heterocycles. The fourth-order valence-electron chi connectivity index (χ4n) is 4.45. The number of halogens is 6. The molecule has 13 heteroatoms. The molecule has 2 aromatic carbocycles. The molecule has 0 bridgehead atoms. The molecule has 0 spiro atoms. The molecular weight excluding hydrogens is 527 g/mol. The molecule has 0 saturated carbocycles. The Labute approximate surface area is 211 Å². The van der Waals surface area contributed by atoms with Crippen LogP contribution < -0.4 is 5.32 Å². The van der Waals surface area contributed by atoms with Gasteiger partial charge in [-0.2, -0.15) is 18.3 Å². The Morgan fingerprint density at radius 2 is 1.97 bits per heavy atom. The summed E-state index contributed by atoms with van der Waals surface area (Å²) in [6.45, 7) is 2.82. The summed E-state index contributed by atoms with van der Waals surface area (Å²) in [5.41, 5.74) is -2.41. The van der Waals surface area contributed by atoms with Crippen LogP contribution in [-0.4, -0.2) is 44.8 Å². The van der Waals surface area contributed by atoms with Crippen molar-refractivity contribution in [1.82, 2.24) is 14.7 Å². The average Bonchev–Trinajstić information content (AvgIpc) is 3.38. The molecule has 1 aliphatic rings. The third kappa shape index (κ3) is 4.60. The topological polar surface area (TPSA) is 87.5 Å². The summed E-state index contributed by atoms with van der Waals surface area (Å²) in [7, 11) is 0. The predicted octanol–water partition coefficient (Wildman–Crippen LogP) is 5.31. The number of fused-ring (bicyclic) bond motifs is 1. The van der Waals surface area contributed by atoms with Gasteiger partial charge in [0.25, 0.3) is 0 Å². The Bertz CT molecular complexity index is 1390. The Morgan fingerprint density at radius 3 is 2.61 bits per heavy atom. The second kappa shape index (κ2) is 9.29. The van der Waals surface area contributed by atoms with E-state index in [1.54, 1.807) is 0 Å². The van der Waals surface area contributed by atoms with Crippen LogP contribution in [0.15, 0.2) is 43.0 Å². The van der Waals surface area contributed by atoms with Crippen molar-refractivity contribution >= 4 is 51.7 Å². The van der Waals surface area contributed by atoms with Gasteiger partial charge in [-0.15, -0.1) is 0 Å². The summed E-state index contributed by atoms with van der Waals surface area (Å²) in [5, 5.41) is 15.4. The van der Waals surface area contributed by atoms with Gasteiger partial charge in [-0.3, -0.25) is 14.3 Å². The quantitative estimate of drug-likeness (QED) is 0.249. The van der Waals surface area contributed by atoms with Crippen LogP contribution in [-0.2, 0) is 27.8 Å². The third-order valence-electron chi connectivity index (χ3n) is 5.97. The molecule has 1 unspecified atom stereocenters. The molecule has 36 heavy (non-hydrogen) atoms. The van der Waals surface area contributed by atoms with Crippen molar-refractivity contribution in [3.63, 3.8) is 0 Å². The fraction of sp³-hybridized carbons (Fsp3) is 0.261. The van der Waals surface area contributed by atoms with Gasteiger partial charge in [0.1, 0.15) is 12.4 Å². The maximum atomic E-state index is 15.1. The van der Waals surface area contributed by atoms with E-state index in [9.17, 15) is 22.8 Å². The van der Waals surface area contributed by atoms with E-state index < -0.39 is 41.6 Å². The Hall–Kier alpha value is -3.31. The number of nitrogens with zero attached hydrogens (tertiary/aromatic N) is 3. The number of aliphatic carboxylic acids is 1. The van der Waals surface area contributed by atoms with Crippen LogP contribution in [0.5, 0.6) is 0 Å². The van der Waals surface area contributed by atoms with Crippen molar-refractivity contribution in [3.05, 3.63) is 70.1 Å². The Morgan fingerprint density at radius 1 is 1.25 bits per heavy atom. The van der Waals surface area contributed by atoms with Crippen LogP contribution in [0.4, 0.5) is 23.2 Å². The highest BCUT2D eigenvalue weighted by molar-refractivity contribution is 6.42. The third-order valence-corrected chi connectivity index (χ3v) is 6.77. The fourth-order valence-corrected chi connectivity index (χ4v) is 4.94. The highest BCUT2D eigenvalue weighted by atomic mass is 35.5. The summed E-state index contributed by atoms with van der Waals surface area (Å²) >= 11 is 12.5. The van der Waals surface area contributed by atoms with Gasteiger partial charge in [-0.1, -0.05) is 29.8 Å². The lowest BCUT2D eigenvalue weighted by Crippen LogP contribution is -2.41. The Balaban J connectivity index is 1.86. The van der Waals surface area contributed by atoms with E-state index in [-0.39, 0.29) is 51.7 Å². The minimum absolute atomic E-state index is 0.00819. The molecule has 0 radical (unpaired) electrons. The van der Waals surface area contributed by atoms with Gasteiger partial charge in [0, 0.05) is 29.7 Å². The number of carboxylic acids is 1. The first-order chi connectivity index (χ1) is 16.9. The largest absolute Gasteiger partial charge is 0.480 e. The molecule has 4 rings (SSSR count). The molecule has 1 atom stereocenters. The molecular formula is C23H18Cl2F4N4O3. The molecule has 3 aromatic rings. The molecule has 2 N–H and O–H groups in total. The first-order valence-electron chi connectivity index (χ1n) is 10.5.